The van der Waals surface area contributed by atoms with Gasteiger partial charge >= 0.3 is 0 Å². The SMILES string of the molecule is COc1ccc(C#Cc2ccc([N-][n+]3ccccc3)nc2)cc1. The van der Waals surface area contributed by atoms with Crippen molar-refractivity contribution >= 4 is 5.82 Å². The number of methoxy groups -OCH3 is 1. The summed E-state index contributed by atoms with van der Waals surface area (Å²) in [6, 6.07) is 17.2. The van der Waals surface area contributed by atoms with Crippen LogP contribution in [0.3, 0.4) is 0 Å². The average Bonchev–Trinajstić information content (AvgIpc) is 2.62. The van der Waals surface area contributed by atoms with E-state index in [9.17, 15) is 0 Å². The number of ether oxygens (including phenoxy) is 1. The first kappa shape index (κ1) is 14.6. The summed E-state index contributed by atoms with van der Waals surface area (Å²) in [5, 5.41) is 0. The fraction of sp³-hybridized carbons (Fsp3) is 0.0526. The first-order valence-electron chi connectivity index (χ1n) is 7.14. The summed E-state index contributed by atoms with van der Waals surface area (Å²) in [6.07, 6.45) is 5.44. The van der Waals surface area contributed by atoms with Crippen molar-refractivity contribution in [2.75, 3.05) is 7.11 Å². The van der Waals surface area contributed by atoms with Crippen molar-refractivity contribution in [2.24, 2.45) is 0 Å². The van der Waals surface area contributed by atoms with Crippen LogP contribution in [0.25, 0.3) is 5.43 Å². The second-order valence-electron chi connectivity index (χ2n) is 4.74. The molecule has 0 aliphatic rings. The highest BCUT2D eigenvalue weighted by Gasteiger charge is 1.93. The van der Waals surface area contributed by atoms with Crippen molar-refractivity contribution in [2.45, 2.75) is 0 Å². The second-order valence-corrected chi connectivity index (χ2v) is 4.74. The largest absolute Gasteiger partial charge is 0.497 e. The van der Waals surface area contributed by atoms with Gasteiger partial charge in [0.1, 0.15) is 5.75 Å². The number of pyridine rings is 2. The predicted molar refractivity (Wildman–Crippen MR) is 88.3 cm³/mol. The topological polar surface area (TPSA) is 40.1 Å². The van der Waals surface area contributed by atoms with Crippen LogP contribution in [0.4, 0.5) is 5.82 Å². The number of aromatic nitrogens is 2. The zero-order valence-electron chi connectivity index (χ0n) is 12.7. The van der Waals surface area contributed by atoms with E-state index < -0.39 is 0 Å². The van der Waals surface area contributed by atoms with Gasteiger partial charge in [0.25, 0.3) is 0 Å². The molecule has 23 heavy (non-hydrogen) atoms. The first-order chi connectivity index (χ1) is 11.3. The monoisotopic (exact) mass is 301 g/mol. The van der Waals surface area contributed by atoms with Gasteiger partial charge in [0.15, 0.2) is 12.4 Å². The lowest BCUT2D eigenvalue weighted by Crippen LogP contribution is -2.26. The van der Waals surface area contributed by atoms with Crippen LogP contribution in [-0.2, 0) is 0 Å². The van der Waals surface area contributed by atoms with E-state index in [4.69, 9.17) is 4.74 Å². The lowest BCUT2D eigenvalue weighted by molar-refractivity contribution is -0.619. The third-order valence-corrected chi connectivity index (χ3v) is 3.11. The molecule has 0 saturated carbocycles. The minimum absolute atomic E-state index is 0.635. The molecule has 3 aromatic rings. The fourth-order valence-corrected chi connectivity index (χ4v) is 1.91. The predicted octanol–water partition coefficient (Wildman–Crippen LogP) is 3.25. The molecule has 1 aromatic carbocycles. The molecule has 3 rings (SSSR count). The van der Waals surface area contributed by atoms with E-state index in [0.29, 0.717) is 5.82 Å². The smallest absolute Gasteiger partial charge is 0.182 e. The standard InChI is InChI=1S/C19H15N3O/c1-23-18-10-7-16(8-11-18)5-6-17-9-12-19(20-15-17)21-22-13-3-2-4-14-22/h2-4,7-15H,1H3. The molecule has 0 N–H and O–H groups in total. The summed E-state index contributed by atoms with van der Waals surface area (Å²) in [4.78, 5) is 4.30. The van der Waals surface area contributed by atoms with E-state index in [1.165, 1.54) is 0 Å². The first-order valence-corrected chi connectivity index (χ1v) is 7.14. The molecule has 112 valence electrons. The molecule has 0 saturated heterocycles. The van der Waals surface area contributed by atoms with E-state index in [0.717, 1.165) is 16.9 Å². The van der Waals surface area contributed by atoms with Gasteiger partial charge in [-0.3, -0.25) is 0 Å². The number of hydrogen-bond acceptors (Lipinski definition) is 2. The Morgan fingerprint density at radius 3 is 2.26 bits per heavy atom. The van der Waals surface area contributed by atoms with Gasteiger partial charge in [0, 0.05) is 29.1 Å². The Labute approximate surface area is 135 Å². The summed E-state index contributed by atoms with van der Waals surface area (Å²) in [5.74, 6) is 7.64. The Kier molecular flexibility index (Phi) is 4.51. The molecule has 2 aromatic heterocycles. The molecular formula is C19H15N3O. The highest BCUT2D eigenvalue weighted by atomic mass is 16.5. The van der Waals surface area contributed by atoms with Gasteiger partial charge in [-0.25, -0.2) is 0 Å². The molecule has 0 fully saturated rings. The molecule has 2 heterocycles. The Bertz CT molecular complexity index is 816. The lowest BCUT2D eigenvalue weighted by Gasteiger charge is -2.07. The van der Waals surface area contributed by atoms with Gasteiger partial charge in [0.2, 0.25) is 0 Å². The van der Waals surface area contributed by atoms with Gasteiger partial charge in [0.05, 0.1) is 7.11 Å². The molecule has 0 unspecified atom stereocenters. The van der Waals surface area contributed by atoms with E-state index in [-0.39, 0.29) is 0 Å². The van der Waals surface area contributed by atoms with E-state index >= 15 is 0 Å². The molecule has 0 aliphatic carbocycles. The lowest BCUT2D eigenvalue weighted by atomic mass is 10.2. The quantitative estimate of drug-likeness (QED) is 0.550. The molecule has 0 bridgehead atoms. The highest BCUT2D eigenvalue weighted by Crippen LogP contribution is 2.12. The Morgan fingerprint density at radius 1 is 0.913 bits per heavy atom. The number of nitrogens with zero attached hydrogens (tertiary/aromatic N) is 3. The van der Waals surface area contributed by atoms with Crippen molar-refractivity contribution in [3.05, 3.63) is 89.7 Å². The van der Waals surface area contributed by atoms with Gasteiger partial charge in [-0.05, 0) is 30.3 Å². The van der Waals surface area contributed by atoms with E-state index in [1.54, 1.807) is 18.0 Å². The summed E-state index contributed by atoms with van der Waals surface area (Å²) >= 11 is 0. The molecule has 4 nitrogen and oxygen atoms in total. The summed E-state index contributed by atoms with van der Waals surface area (Å²) < 4.78 is 6.84. The van der Waals surface area contributed by atoms with Crippen LogP contribution in [0.5, 0.6) is 5.75 Å². The normalized spacial score (nSPS) is 9.61. The van der Waals surface area contributed by atoms with E-state index in [2.05, 4.69) is 22.3 Å². The van der Waals surface area contributed by atoms with Gasteiger partial charge < -0.3 is 9.72 Å². The van der Waals surface area contributed by atoms with Gasteiger partial charge in [-0.15, -0.1) is 0 Å². The van der Waals surface area contributed by atoms with Crippen molar-refractivity contribution in [3.63, 3.8) is 0 Å². The van der Waals surface area contributed by atoms with Crippen molar-refractivity contribution < 1.29 is 9.41 Å². The van der Waals surface area contributed by atoms with Crippen molar-refractivity contribution in [1.29, 1.82) is 0 Å². The van der Waals surface area contributed by atoms with Crippen LogP contribution in [-0.4, -0.2) is 12.1 Å². The minimum Gasteiger partial charge on any atom is -0.497 e. The third kappa shape index (κ3) is 4.08. The van der Waals surface area contributed by atoms with Crippen molar-refractivity contribution in [3.8, 4) is 17.6 Å². The van der Waals surface area contributed by atoms with Crippen LogP contribution in [0.15, 0.2) is 73.2 Å². The van der Waals surface area contributed by atoms with Crippen LogP contribution in [0.2, 0.25) is 0 Å². The minimum atomic E-state index is 0.635. The van der Waals surface area contributed by atoms with E-state index in [1.807, 2.05) is 67.0 Å². The Balaban J connectivity index is 1.69. The zero-order valence-corrected chi connectivity index (χ0v) is 12.7. The molecule has 0 spiro atoms. The summed E-state index contributed by atoms with van der Waals surface area (Å²) in [6.45, 7) is 0. The zero-order chi connectivity index (χ0) is 15.9. The van der Waals surface area contributed by atoms with Crippen LogP contribution < -0.4 is 9.41 Å². The van der Waals surface area contributed by atoms with Crippen LogP contribution in [0, 0.1) is 11.8 Å². The molecular weight excluding hydrogens is 286 g/mol. The molecule has 0 radical (unpaired) electrons. The number of hydrogen-bond donors (Lipinski definition) is 0. The number of benzene rings is 1. The fourth-order valence-electron chi connectivity index (χ4n) is 1.91. The maximum absolute atomic E-state index is 5.12. The van der Waals surface area contributed by atoms with Gasteiger partial charge in [-0.1, -0.05) is 30.2 Å². The van der Waals surface area contributed by atoms with Crippen molar-refractivity contribution in [1.82, 2.24) is 4.98 Å². The second kappa shape index (κ2) is 7.10. The molecule has 0 atom stereocenters. The molecule has 0 aliphatic heterocycles. The molecule has 4 heteroatoms. The highest BCUT2D eigenvalue weighted by molar-refractivity contribution is 5.46. The van der Waals surface area contributed by atoms with Gasteiger partial charge in [-0.2, -0.15) is 10.1 Å². The van der Waals surface area contributed by atoms with Crippen LogP contribution in [0.1, 0.15) is 11.1 Å². The average molecular weight is 301 g/mol. The molecule has 0 amide bonds. The Hall–Kier alpha value is -3.32. The Morgan fingerprint density at radius 2 is 1.61 bits per heavy atom. The summed E-state index contributed by atoms with van der Waals surface area (Å²) in [5.41, 5.74) is 6.14. The number of rotatable bonds is 3. The maximum Gasteiger partial charge on any atom is 0.182 e. The summed E-state index contributed by atoms with van der Waals surface area (Å²) in [7, 11) is 1.65. The maximum atomic E-state index is 5.12. The van der Waals surface area contributed by atoms with Crippen LogP contribution >= 0.6 is 0 Å². The third-order valence-electron chi connectivity index (χ3n) is 3.11.